The number of amides is 1. The molecule has 4 heteroatoms. The van der Waals surface area contributed by atoms with E-state index in [9.17, 15) is 4.79 Å². The predicted molar refractivity (Wildman–Crippen MR) is 73.3 cm³/mol. The summed E-state index contributed by atoms with van der Waals surface area (Å²) in [5.74, 6) is 0.298. The van der Waals surface area contributed by atoms with E-state index in [0.29, 0.717) is 12.3 Å². The Kier molecular flexibility index (Phi) is 5.01. The Hall–Kier alpha value is -0.610. The lowest BCUT2D eigenvalue weighted by Crippen LogP contribution is -2.46. The third-order valence-electron chi connectivity index (χ3n) is 4.29. The first kappa shape index (κ1) is 13.8. The number of piperidine rings is 1. The second-order valence-corrected chi connectivity index (χ2v) is 5.87. The van der Waals surface area contributed by atoms with Gasteiger partial charge in [0.2, 0.25) is 5.91 Å². The molecule has 2 heterocycles. The van der Waals surface area contributed by atoms with Gasteiger partial charge < -0.3 is 15.5 Å². The van der Waals surface area contributed by atoms with E-state index in [1.807, 2.05) is 11.8 Å². The molecule has 0 aromatic carbocycles. The highest BCUT2D eigenvalue weighted by atomic mass is 16.2. The normalized spacial score (nSPS) is 24.4. The number of carbonyl (C=O) groups is 1. The van der Waals surface area contributed by atoms with Gasteiger partial charge in [-0.15, -0.1) is 0 Å². The van der Waals surface area contributed by atoms with Gasteiger partial charge in [0.05, 0.1) is 0 Å². The van der Waals surface area contributed by atoms with Gasteiger partial charge in [-0.25, -0.2) is 0 Å². The van der Waals surface area contributed by atoms with Crippen molar-refractivity contribution in [2.24, 2.45) is 5.73 Å². The Labute approximate surface area is 110 Å². The molecule has 0 aromatic rings. The second-order valence-electron chi connectivity index (χ2n) is 5.87. The second kappa shape index (κ2) is 6.53. The average Bonchev–Trinajstić information content (AvgIpc) is 2.90. The Balaban J connectivity index is 1.70. The first-order valence-corrected chi connectivity index (χ1v) is 7.44. The molecule has 2 saturated heterocycles. The molecule has 104 valence electrons. The van der Waals surface area contributed by atoms with E-state index in [-0.39, 0.29) is 6.04 Å². The third-order valence-corrected chi connectivity index (χ3v) is 4.29. The quantitative estimate of drug-likeness (QED) is 0.819. The summed E-state index contributed by atoms with van der Waals surface area (Å²) < 4.78 is 0. The Morgan fingerprint density at radius 3 is 2.39 bits per heavy atom. The molecule has 0 spiro atoms. The lowest BCUT2D eigenvalue weighted by Gasteiger charge is -2.36. The zero-order valence-corrected chi connectivity index (χ0v) is 11.6. The summed E-state index contributed by atoms with van der Waals surface area (Å²) in [6.07, 6.45) is 6.45. The molecule has 18 heavy (non-hydrogen) atoms. The summed E-state index contributed by atoms with van der Waals surface area (Å²) in [6.45, 7) is 6.39. The van der Waals surface area contributed by atoms with Crippen molar-refractivity contribution < 1.29 is 4.79 Å². The summed E-state index contributed by atoms with van der Waals surface area (Å²) in [5, 5.41) is 0. The molecule has 1 unspecified atom stereocenters. The largest absolute Gasteiger partial charge is 0.343 e. The van der Waals surface area contributed by atoms with Crippen molar-refractivity contribution in [1.82, 2.24) is 9.80 Å². The highest BCUT2D eigenvalue weighted by Crippen LogP contribution is 2.21. The maximum atomic E-state index is 12.0. The number of nitrogens with zero attached hydrogens (tertiary/aromatic N) is 2. The van der Waals surface area contributed by atoms with Crippen molar-refractivity contribution in [3.05, 3.63) is 0 Å². The maximum absolute atomic E-state index is 12.0. The first-order chi connectivity index (χ1) is 8.66. The Morgan fingerprint density at radius 2 is 1.83 bits per heavy atom. The molecule has 1 atom stereocenters. The lowest BCUT2D eigenvalue weighted by molar-refractivity contribution is -0.132. The fourth-order valence-electron chi connectivity index (χ4n) is 3.10. The fraction of sp³-hybridized carbons (Fsp3) is 0.929. The number of nitrogens with two attached hydrogens (primary N) is 1. The van der Waals surface area contributed by atoms with E-state index in [2.05, 4.69) is 4.90 Å². The third kappa shape index (κ3) is 3.69. The van der Waals surface area contributed by atoms with Gasteiger partial charge in [0.15, 0.2) is 0 Å². The van der Waals surface area contributed by atoms with Crippen LogP contribution in [0.25, 0.3) is 0 Å². The summed E-state index contributed by atoms with van der Waals surface area (Å²) in [4.78, 5) is 16.6. The molecule has 4 nitrogen and oxygen atoms in total. The number of hydrogen-bond donors (Lipinski definition) is 1. The summed E-state index contributed by atoms with van der Waals surface area (Å²) in [5.41, 5.74) is 5.70. The van der Waals surface area contributed by atoms with Crippen LogP contribution in [0.4, 0.5) is 0 Å². The van der Waals surface area contributed by atoms with E-state index in [1.54, 1.807) is 0 Å². The summed E-state index contributed by atoms with van der Waals surface area (Å²) >= 11 is 0. The molecule has 0 saturated carbocycles. The molecule has 0 radical (unpaired) electrons. The predicted octanol–water partition coefficient (Wildman–Crippen LogP) is 1.20. The molecular weight excluding hydrogens is 226 g/mol. The summed E-state index contributed by atoms with van der Waals surface area (Å²) in [7, 11) is 0. The van der Waals surface area contributed by atoms with Crippen molar-refractivity contribution in [2.75, 3.05) is 26.2 Å². The minimum absolute atomic E-state index is 0.135. The summed E-state index contributed by atoms with van der Waals surface area (Å²) in [6, 6.07) is 0.862. The highest BCUT2D eigenvalue weighted by molar-refractivity contribution is 5.76. The molecule has 2 N–H and O–H groups in total. The van der Waals surface area contributed by atoms with E-state index >= 15 is 0 Å². The van der Waals surface area contributed by atoms with Gasteiger partial charge in [-0.1, -0.05) is 0 Å². The van der Waals surface area contributed by atoms with E-state index in [4.69, 9.17) is 5.73 Å². The van der Waals surface area contributed by atoms with Crippen LogP contribution in [0, 0.1) is 0 Å². The minimum Gasteiger partial charge on any atom is -0.343 e. The van der Waals surface area contributed by atoms with Crippen LogP contribution in [0.3, 0.4) is 0 Å². The lowest BCUT2D eigenvalue weighted by atomic mass is 10.0. The van der Waals surface area contributed by atoms with Gasteiger partial charge in [0.1, 0.15) is 0 Å². The van der Waals surface area contributed by atoms with E-state index in [0.717, 1.165) is 38.4 Å². The average molecular weight is 253 g/mol. The van der Waals surface area contributed by atoms with Gasteiger partial charge in [-0.2, -0.15) is 0 Å². The van der Waals surface area contributed by atoms with Crippen LogP contribution in [0.2, 0.25) is 0 Å². The van der Waals surface area contributed by atoms with Crippen LogP contribution in [0.5, 0.6) is 0 Å². The molecule has 1 amide bonds. The highest BCUT2D eigenvalue weighted by Gasteiger charge is 2.27. The standard InChI is InChI=1S/C14H27N3O/c1-12(15)4-5-14(18)17-10-6-13(7-11-17)16-8-2-3-9-16/h12-13H,2-11,15H2,1H3. The smallest absolute Gasteiger partial charge is 0.222 e. The molecule has 2 rings (SSSR count). The van der Waals surface area contributed by atoms with Crippen molar-refractivity contribution in [3.8, 4) is 0 Å². The molecule has 0 aromatic heterocycles. The van der Waals surface area contributed by atoms with Crippen LogP contribution >= 0.6 is 0 Å². The Morgan fingerprint density at radius 1 is 1.22 bits per heavy atom. The van der Waals surface area contributed by atoms with Crippen LogP contribution in [0.1, 0.15) is 45.4 Å². The van der Waals surface area contributed by atoms with E-state index in [1.165, 1.54) is 25.9 Å². The number of hydrogen-bond acceptors (Lipinski definition) is 3. The van der Waals surface area contributed by atoms with Crippen LogP contribution in [-0.4, -0.2) is 54.0 Å². The van der Waals surface area contributed by atoms with Crippen LogP contribution in [0.15, 0.2) is 0 Å². The van der Waals surface area contributed by atoms with Crippen LogP contribution < -0.4 is 5.73 Å². The van der Waals surface area contributed by atoms with Crippen molar-refractivity contribution >= 4 is 5.91 Å². The first-order valence-electron chi connectivity index (χ1n) is 7.44. The maximum Gasteiger partial charge on any atom is 0.222 e. The molecule has 2 aliphatic rings. The van der Waals surface area contributed by atoms with Gasteiger partial charge in [0.25, 0.3) is 0 Å². The topological polar surface area (TPSA) is 49.6 Å². The fourth-order valence-corrected chi connectivity index (χ4v) is 3.10. The molecule has 2 fully saturated rings. The van der Waals surface area contributed by atoms with Gasteiger partial charge in [0, 0.05) is 31.6 Å². The van der Waals surface area contributed by atoms with E-state index < -0.39 is 0 Å². The van der Waals surface area contributed by atoms with Crippen molar-refractivity contribution in [3.63, 3.8) is 0 Å². The molecular formula is C14H27N3O. The number of rotatable bonds is 4. The van der Waals surface area contributed by atoms with Gasteiger partial charge >= 0.3 is 0 Å². The van der Waals surface area contributed by atoms with Crippen molar-refractivity contribution in [1.29, 1.82) is 0 Å². The number of likely N-dealkylation sites (tertiary alicyclic amines) is 2. The molecule has 0 aliphatic carbocycles. The molecule has 0 bridgehead atoms. The monoisotopic (exact) mass is 253 g/mol. The SMILES string of the molecule is CC(N)CCC(=O)N1CCC(N2CCCC2)CC1. The zero-order chi connectivity index (χ0) is 13.0. The van der Waals surface area contributed by atoms with Crippen molar-refractivity contribution in [2.45, 2.75) is 57.5 Å². The van der Waals surface area contributed by atoms with Gasteiger partial charge in [-0.05, 0) is 52.1 Å². The minimum atomic E-state index is 0.135. The van der Waals surface area contributed by atoms with Crippen LogP contribution in [-0.2, 0) is 4.79 Å². The number of carbonyl (C=O) groups excluding carboxylic acids is 1. The zero-order valence-electron chi connectivity index (χ0n) is 11.6. The van der Waals surface area contributed by atoms with Gasteiger partial charge in [-0.3, -0.25) is 4.79 Å². The Bertz CT molecular complexity index is 266. The molecule has 2 aliphatic heterocycles.